The Morgan fingerprint density at radius 2 is 1.84 bits per heavy atom. The van der Waals surface area contributed by atoms with E-state index >= 15 is 0 Å². The van der Waals surface area contributed by atoms with E-state index in [-0.39, 0.29) is 17.9 Å². The van der Waals surface area contributed by atoms with Crippen molar-refractivity contribution >= 4 is 16.6 Å². The minimum atomic E-state index is 0.0272. The van der Waals surface area contributed by atoms with Gasteiger partial charge >= 0.3 is 0 Å². The van der Waals surface area contributed by atoms with Gasteiger partial charge in [-0.25, -0.2) is 4.98 Å². The maximum atomic E-state index is 10.5. The molecule has 1 heterocycles. The molecule has 3 aromatic rings. The molecule has 0 spiro atoms. The van der Waals surface area contributed by atoms with Gasteiger partial charge in [0.15, 0.2) is 5.82 Å². The summed E-state index contributed by atoms with van der Waals surface area (Å²) in [4.78, 5) is 6.46. The molecule has 3 rings (SSSR count). The van der Waals surface area contributed by atoms with E-state index in [0.29, 0.717) is 12.4 Å². The molecule has 0 aliphatic rings. The number of nitriles is 1. The van der Waals surface area contributed by atoms with Gasteiger partial charge in [0, 0.05) is 13.6 Å². The van der Waals surface area contributed by atoms with Crippen molar-refractivity contribution in [3.63, 3.8) is 0 Å². The van der Waals surface area contributed by atoms with Crippen LogP contribution in [-0.4, -0.2) is 33.1 Å². The smallest absolute Gasteiger partial charge is 0.155 e. The Labute approximate surface area is 147 Å². The van der Waals surface area contributed by atoms with Crippen molar-refractivity contribution < 1.29 is 5.11 Å². The maximum absolute atomic E-state index is 10.5. The Bertz CT molecular complexity index is 951. The fourth-order valence-electron chi connectivity index (χ4n) is 2.90. The molecule has 1 N–H and O–H groups in total. The first-order valence-electron chi connectivity index (χ1n) is 8.06. The highest BCUT2D eigenvalue weighted by Crippen LogP contribution is 2.22. The van der Waals surface area contributed by atoms with E-state index in [9.17, 15) is 10.4 Å². The molecule has 0 amide bonds. The molecule has 5 heteroatoms. The number of hydrogen-bond donors (Lipinski definition) is 1. The van der Waals surface area contributed by atoms with Crippen LogP contribution in [0.3, 0.4) is 0 Å². The second-order valence-corrected chi connectivity index (χ2v) is 6.07. The van der Waals surface area contributed by atoms with Crippen molar-refractivity contribution in [3.8, 4) is 6.07 Å². The summed E-state index contributed by atoms with van der Waals surface area (Å²) in [5.74, 6) is 0.508. The predicted octanol–water partition coefficient (Wildman–Crippen LogP) is 3.50. The van der Waals surface area contributed by atoms with E-state index in [2.05, 4.69) is 11.1 Å². The lowest BCUT2D eigenvalue weighted by molar-refractivity contribution is 0.285. The van der Waals surface area contributed by atoms with Gasteiger partial charge in [-0.2, -0.15) is 5.26 Å². The normalized spacial score (nSPS) is 12.2. The summed E-state index contributed by atoms with van der Waals surface area (Å²) in [5, 5.41) is 20.1. The summed E-state index contributed by atoms with van der Waals surface area (Å²) < 4.78 is 1.83. The van der Waals surface area contributed by atoms with Crippen LogP contribution in [0.25, 0.3) is 16.6 Å². The average Bonchev–Trinajstić information content (AvgIpc) is 2.93. The van der Waals surface area contributed by atoms with Gasteiger partial charge in [-0.3, -0.25) is 4.90 Å². The Kier molecular flexibility index (Phi) is 4.82. The Morgan fingerprint density at radius 3 is 2.52 bits per heavy atom. The molecular weight excluding hydrogens is 312 g/mol. The number of fused-ring (bicyclic) bond motifs is 1. The SMILES string of the molecule is CN(C/C(O)=C(\C#N)c1nc2ccccc2n1C)Cc1ccccc1. The molecule has 0 fully saturated rings. The van der Waals surface area contributed by atoms with Crippen LogP contribution in [0, 0.1) is 11.3 Å². The van der Waals surface area contributed by atoms with E-state index in [4.69, 9.17) is 0 Å². The lowest BCUT2D eigenvalue weighted by Crippen LogP contribution is -2.21. The topological polar surface area (TPSA) is 65.1 Å². The number of benzene rings is 2. The van der Waals surface area contributed by atoms with Crippen LogP contribution in [0.5, 0.6) is 0 Å². The maximum Gasteiger partial charge on any atom is 0.155 e. The second-order valence-electron chi connectivity index (χ2n) is 6.07. The number of aliphatic hydroxyl groups is 1. The lowest BCUT2D eigenvalue weighted by atomic mass is 10.2. The molecule has 0 saturated carbocycles. The number of para-hydroxylation sites is 2. The Morgan fingerprint density at radius 1 is 1.16 bits per heavy atom. The van der Waals surface area contributed by atoms with Crippen LogP contribution in [0.2, 0.25) is 0 Å². The molecule has 5 nitrogen and oxygen atoms in total. The number of rotatable bonds is 5. The van der Waals surface area contributed by atoms with Crippen LogP contribution in [-0.2, 0) is 13.6 Å². The van der Waals surface area contributed by atoms with Crippen LogP contribution in [0.15, 0.2) is 60.4 Å². The zero-order chi connectivity index (χ0) is 17.8. The molecular formula is C20H20N4O. The summed E-state index contributed by atoms with van der Waals surface area (Å²) in [6.07, 6.45) is 0. The van der Waals surface area contributed by atoms with Crippen LogP contribution in [0.1, 0.15) is 11.4 Å². The van der Waals surface area contributed by atoms with Crippen molar-refractivity contribution in [1.82, 2.24) is 14.5 Å². The number of hydrogen-bond acceptors (Lipinski definition) is 4. The monoisotopic (exact) mass is 332 g/mol. The van der Waals surface area contributed by atoms with Gasteiger partial charge < -0.3 is 9.67 Å². The van der Waals surface area contributed by atoms with E-state index in [1.165, 1.54) is 0 Å². The predicted molar refractivity (Wildman–Crippen MR) is 98.7 cm³/mol. The third-order valence-electron chi connectivity index (χ3n) is 4.13. The third-order valence-corrected chi connectivity index (χ3v) is 4.13. The average molecular weight is 332 g/mol. The van der Waals surface area contributed by atoms with Gasteiger partial charge in [0.2, 0.25) is 0 Å². The molecule has 0 radical (unpaired) electrons. The molecule has 2 aromatic carbocycles. The van der Waals surface area contributed by atoms with Crippen molar-refractivity contribution in [2.45, 2.75) is 6.54 Å². The second kappa shape index (κ2) is 7.20. The van der Waals surface area contributed by atoms with Crippen LogP contribution >= 0.6 is 0 Å². The number of aliphatic hydroxyl groups excluding tert-OH is 1. The Balaban J connectivity index is 1.87. The van der Waals surface area contributed by atoms with E-state index in [0.717, 1.165) is 16.6 Å². The third kappa shape index (κ3) is 3.54. The minimum Gasteiger partial charge on any atom is -0.509 e. The number of aryl methyl sites for hydroxylation is 1. The lowest BCUT2D eigenvalue weighted by Gasteiger charge is -2.17. The van der Waals surface area contributed by atoms with Crippen molar-refractivity contribution in [3.05, 3.63) is 71.7 Å². The molecule has 0 bridgehead atoms. The first kappa shape index (κ1) is 16.7. The zero-order valence-corrected chi connectivity index (χ0v) is 14.3. The first-order valence-corrected chi connectivity index (χ1v) is 8.06. The first-order chi connectivity index (χ1) is 12.1. The molecule has 0 aliphatic heterocycles. The fourth-order valence-corrected chi connectivity index (χ4v) is 2.90. The minimum absolute atomic E-state index is 0.0272. The molecule has 126 valence electrons. The molecule has 0 aliphatic carbocycles. The van der Waals surface area contributed by atoms with Crippen molar-refractivity contribution in [2.75, 3.05) is 13.6 Å². The molecule has 1 aromatic heterocycles. The molecule has 0 atom stereocenters. The highest BCUT2D eigenvalue weighted by molar-refractivity contribution is 5.83. The van der Waals surface area contributed by atoms with Gasteiger partial charge in [0.05, 0.1) is 17.6 Å². The van der Waals surface area contributed by atoms with Gasteiger partial charge in [-0.05, 0) is 24.7 Å². The van der Waals surface area contributed by atoms with Crippen molar-refractivity contribution in [2.24, 2.45) is 7.05 Å². The summed E-state index contributed by atoms with van der Waals surface area (Å²) in [7, 11) is 3.76. The number of allylic oxidation sites excluding steroid dienone is 1. The van der Waals surface area contributed by atoms with Gasteiger partial charge in [-0.15, -0.1) is 0 Å². The summed E-state index contributed by atoms with van der Waals surface area (Å²) in [5.41, 5.74) is 3.09. The highest BCUT2D eigenvalue weighted by Gasteiger charge is 2.17. The quantitative estimate of drug-likeness (QED) is 0.574. The largest absolute Gasteiger partial charge is 0.509 e. The number of imidazole rings is 1. The van der Waals surface area contributed by atoms with E-state index in [1.807, 2.05) is 78.2 Å². The fraction of sp³-hybridized carbons (Fsp3) is 0.200. The Hall–Kier alpha value is -3.10. The molecule has 0 saturated heterocycles. The van der Waals surface area contributed by atoms with E-state index < -0.39 is 0 Å². The van der Waals surface area contributed by atoms with Crippen molar-refractivity contribution in [1.29, 1.82) is 5.26 Å². The van der Waals surface area contributed by atoms with Crippen LogP contribution in [0.4, 0.5) is 0 Å². The molecule has 25 heavy (non-hydrogen) atoms. The standard InChI is InChI=1S/C20H20N4O/c1-23(13-15-8-4-3-5-9-15)14-19(25)16(12-21)20-22-17-10-6-7-11-18(17)24(20)2/h3-11,25H,13-14H2,1-2H3/b19-16-. The summed E-state index contributed by atoms with van der Waals surface area (Å²) >= 11 is 0. The van der Waals surface area contributed by atoms with E-state index in [1.54, 1.807) is 0 Å². The number of nitrogens with zero attached hydrogens (tertiary/aromatic N) is 4. The number of likely N-dealkylation sites (N-methyl/N-ethyl adjacent to an activating group) is 1. The highest BCUT2D eigenvalue weighted by atomic mass is 16.3. The summed E-state index contributed by atoms with van der Waals surface area (Å²) in [6, 6.07) is 19.8. The van der Waals surface area contributed by atoms with Gasteiger partial charge in [0.1, 0.15) is 17.4 Å². The van der Waals surface area contributed by atoms with Gasteiger partial charge in [0.25, 0.3) is 0 Å². The zero-order valence-electron chi connectivity index (χ0n) is 14.3. The molecule has 0 unspecified atom stereocenters. The number of aromatic nitrogens is 2. The summed E-state index contributed by atoms with van der Waals surface area (Å²) in [6.45, 7) is 0.965. The van der Waals surface area contributed by atoms with Gasteiger partial charge in [-0.1, -0.05) is 42.5 Å². The van der Waals surface area contributed by atoms with Crippen LogP contribution < -0.4 is 0 Å².